The zero-order valence-electron chi connectivity index (χ0n) is 18.2. The van der Waals surface area contributed by atoms with Crippen molar-refractivity contribution in [3.05, 3.63) is 41.7 Å². The first kappa shape index (κ1) is 20.6. The third-order valence-electron chi connectivity index (χ3n) is 6.15. The fraction of sp³-hybridized carbons (Fsp3) is 0.455. The zero-order chi connectivity index (χ0) is 22.3. The number of hydrogen-bond acceptors (Lipinski definition) is 7. The van der Waals surface area contributed by atoms with Crippen molar-refractivity contribution in [2.24, 2.45) is 5.41 Å². The van der Waals surface area contributed by atoms with E-state index in [0.717, 1.165) is 39.0 Å². The van der Waals surface area contributed by atoms with Gasteiger partial charge in [-0.15, -0.1) is 0 Å². The summed E-state index contributed by atoms with van der Waals surface area (Å²) in [7, 11) is 0. The number of imidazole rings is 1. The van der Waals surface area contributed by atoms with Crippen LogP contribution < -0.4 is 20.3 Å². The normalized spacial score (nSPS) is 17.4. The van der Waals surface area contributed by atoms with E-state index >= 15 is 0 Å². The molecule has 0 aromatic carbocycles. The Bertz CT molecular complexity index is 1160. The number of amides is 1. The molecule has 2 aliphatic heterocycles. The summed E-state index contributed by atoms with van der Waals surface area (Å²) in [6.45, 7) is 7.89. The van der Waals surface area contributed by atoms with Crippen LogP contribution in [0.25, 0.3) is 5.65 Å². The van der Waals surface area contributed by atoms with E-state index < -0.39 is 11.7 Å². The molecule has 1 spiro atoms. The smallest absolute Gasteiger partial charge is 0.262 e. The Labute approximate surface area is 185 Å². The number of nitrogens with zero attached hydrogens (tertiary/aromatic N) is 5. The van der Waals surface area contributed by atoms with Gasteiger partial charge < -0.3 is 24.7 Å². The Morgan fingerprint density at radius 3 is 2.81 bits per heavy atom. The molecule has 0 saturated carbocycles. The van der Waals surface area contributed by atoms with E-state index in [4.69, 9.17) is 4.74 Å². The fourth-order valence-corrected chi connectivity index (χ4v) is 4.54. The summed E-state index contributed by atoms with van der Waals surface area (Å²) in [5, 5.41) is 6.11. The van der Waals surface area contributed by atoms with Gasteiger partial charge in [-0.1, -0.05) is 0 Å². The number of ether oxygens (including phenoxy) is 1. The van der Waals surface area contributed by atoms with Crippen LogP contribution in [-0.4, -0.2) is 58.0 Å². The van der Waals surface area contributed by atoms with Crippen molar-refractivity contribution in [2.45, 2.75) is 26.7 Å². The minimum atomic E-state index is -0.517. The topological polar surface area (TPSA) is 96.7 Å². The lowest BCUT2D eigenvalue weighted by Gasteiger charge is -2.52. The molecule has 5 heterocycles. The highest BCUT2D eigenvalue weighted by Crippen LogP contribution is 2.40. The van der Waals surface area contributed by atoms with Crippen LogP contribution >= 0.6 is 0 Å². The van der Waals surface area contributed by atoms with Crippen LogP contribution in [0.3, 0.4) is 0 Å². The van der Waals surface area contributed by atoms with Gasteiger partial charge in [0.2, 0.25) is 11.8 Å². The number of anilines is 2. The summed E-state index contributed by atoms with van der Waals surface area (Å²) in [6, 6.07) is 1.24. The van der Waals surface area contributed by atoms with Crippen molar-refractivity contribution in [3.63, 3.8) is 0 Å². The number of piperidine rings is 1. The van der Waals surface area contributed by atoms with Gasteiger partial charge in [-0.3, -0.25) is 4.79 Å². The molecule has 1 amide bonds. The van der Waals surface area contributed by atoms with E-state index in [9.17, 15) is 9.18 Å². The molecular formula is C22H26FN7O2. The van der Waals surface area contributed by atoms with Gasteiger partial charge in [0.25, 0.3) is 5.91 Å². The van der Waals surface area contributed by atoms with Crippen LogP contribution in [0.15, 0.2) is 24.7 Å². The van der Waals surface area contributed by atoms with Crippen molar-refractivity contribution in [2.75, 3.05) is 43.0 Å². The Kier molecular flexibility index (Phi) is 5.16. The van der Waals surface area contributed by atoms with E-state index in [1.54, 1.807) is 23.7 Å². The van der Waals surface area contributed by atoms with Crippen LogP contribution in [0.1, 0.15) is 35.8 Å². The van der Waals surface area contributed by atoms with E-state index in [0.29, 0.717) is 29.4 Å². The average molecular weight is 439 g/mol. The molecule has 0 atom stereocenters. The number of aryl methyl sites for hydroxylation is 1. The van der Waals surface area contributed by atoms with E-state index in [2.05, 4.69) is 30.5 Å². The summed E-state index contributed by atoms with van der Waals surface area (Å²) in [5.74, 6) is -0.192. The Balaban J connectivity index is 1.35. The Morgan fingerprint density at radius 2 is 2.06 bits per heavy atom. The molecule has 2 fully saturated rings. The maximum Gasteiger partial charge on any atom is 0.262 e. The summed E-state index contributed by atoms with van der Waals surface area (Å²) >= 11 is 0. The standard InChI is InChI=1S/C22H26FN7O2/c1-3-32-20-16(9-25-21(28-20)30-12-22(13-30)4-6-24-7-5-22)19(31)27-15-8-17(23)18-26-14(2)10-29(18)11-15/h8-11,24H,3-7,12-13H2,1-2H3,(H,27,31). The molecule has 0 aliphatic carbocycles. The van der Waals surface area contributed by atoms with Gasteiger partial charge in [0.05, 0.1) is 18.0 Å². The van der Waals surface area contributed by atoms with Crippen LogP contribution in [0.4, 0.5) is 16.0 Å². The van der Waals surface area contributed by atoms with Crippen molar-refractivity contribution >= 4 is 23.2 Å². The number of aromatic nitrogens is 4. The van der Waals surface area contributed by atoms with Crippen LogP contribution in [0.5, 0.6) is 5.88 Å². The van der Waals surface area contributed by atoms with Crippen molar-refractivity contribution in [1.29, 1.82) is 0 Å². The first-order chi connectivity index (χ1) is 15.5. The van der Waals surface area contributed by atoms with Crippen LogP contribution in [0.2, 0.25) is 0 Å². The van der Waals surface area contributed by atoms with E-state index in [-0.39, 0.29) is 17.1 Å². The molecule has 3 aromatic rings. The van der Waals surface area contributed by atoms with Crippen molar-refractivity contribution in [1.82, 2.24) is 24.7 Å². The van der Waals surface area contributed by atoms with Crippen molar-refractivity contribution < 1.29 is 13.9 Å². The molecule has 9 nitrogen and oxygen atoms in total. The molecule has 168 valence electrons. The largest absolute Gasteiger partial charge is 0.477 e. The molecular weight excluding hydrogens is 413 g/mol. The van der Waals surface area contributed by atoms with Gasteiger partial charge in [0.15, 0.2) is 11.5 Å². The number of pyridine rings is 1. The Morgan fingerprint density at radius 1 is 1.28 bits per heavy atom. The summed E-state index contributed by atoms with van der Waals surface area (Å²) in [5.41, 5.74) is 1.75. The van der Waals surface area contributed by atoms with Crippen molar-refractivity contribution in [3.8, 4) is 5.88 Å². The number of hydrogen-bond donors (Lipinski definition) is 2. The molecule has 2 saturated heterocycles. The highest BCUT2D eigenvalue weighted by atomic mass is 19.1. The lowest BCUT2D eigenvalue weighted by atomic mass is 9.72. The second-order valence-corrected chi connectivity index (χ2v) is 8.57. The number of halogens is 1. The monoisotopic (exact) mass is 439 g/mol. The van der Waals surface area contributed by atoms with Crippen LogP contribution in [-0.2, 0) is 0 Å². The predicted octanol–water partition coefficient (Wildman–Crippen LogP) is 2.41. The fourth-order valence-electron chi connectivity index (χ4n) is 4.54. The van der Waals surface area contributed by atoms with E-state index in [1.165, 1.54) is 12.3 Å². The van der Waals surface area contributed by atoms with Gasteiger partial charge in [-0.05, 0) is 39.8 Å². The summed E-state index contributed by atoms with van der Waals surface area (Å²) < 4.78 is 21.6. The molecule has 2 N–H and O–H groups in total. The first-order valence-electron chi connectivity index (χ1n) is 10.9. The van der Waals surface area contributed by atoms with Gasteiger partial charge >= 0.3 is 0 Å². The summed E-state index contributed by atoms with van der Waals surface area (Å²) in [4.78, 5) is 28.1. The summed E-state index contributed by atoms with van der Waals surface area (Å²) in [6.07, 6.45) is 7.09. The maximum absolute atomic E-state index is 14.4. The SMILES string of the molecule is CCOc1nc(N2CC3(CCNCC3)C2)ncc1C(=O)Nc1cc(F)c2nc(C)cn2c1. The third kappa shape index (κ3) is 3.75. The van der Waals surface area contributed by atoms with Crippen LogP contribution in [0, 0.1) is 18.2 Å². The maximum atomic E-state index is 14.4. The first-order valence-corrected chi connectivity index (χ1v) is 10.9. The van der Waals surface area contributed by atoms with Gasteiger partial charge in [-0.2, -0.15) is 4.98 Å². The highest BCUT2D eigenvalue weighted by Gasteiger charge is 2.44. The number of rotatable bonds is 5. The third-order valence-corrected chi connectivity index (χ3v) is 6.15. The Hall–Kier alpha value is -3.27. The quantitative estimate of drug-likeness (QED) is 0.630. The van der Waals surface area contributed by atoms with Gasteiger partial charge in [0.1, 0.15) is 5.56 Å². The second-order valence-electron chi connectivity index (χ2n) is 8.57. The molecule has 5 rings (SSSR count). The highest BCUT2D eigenvalue weighted by molar-refractivity contribution is 6.05. The molecule has 0 bridgehead atoms. The van der Waals surface area contributed by atoms with E-state index in [1.807, 2.05) is 6.92 Å². The molecule has 0 radical (unpaired) electrons. The minimum Gasteiger partial charge on any atom is -0.477 e. The second kappa shape index (κ2) is 8.01. The zero-order valence-corrected chi connectivity index (χ0v) is 18.2. The minimum absolute atomic E-state index is 0.204. The number of carbonyl (C=O) groups is 1. The lowest BCUT2D eigenvalue weighted by Crippen LogP contribution is -2.60. The molecule has 32 heavy (non-hydrogen) atoms. The predicted molar refractivity (Wildman–Crippen MR) is 118 cm³/mol. The number of fused-ring (bicyclic) bond motifs is 1. The van der Waals surface area contributed by atoms with Gasteiger partial charge in [-0.25, -0.2) is 14.4 Å². The number of carbonyl (C=O) groups excluding carboxylic acids is 1. The molecule has 2 aliphatic rings. The van der Waals surface area contributed by atoms with Gasteiger partial charge in [0, 0.05) is 43.2 Å². The average Bonchev–Trinajstić information content (AvgIpc) is 3.13. The molecule has 0 unspecified atom stereocenters. The lowest BCUT2D eigenvalue weighted by molar-refractivity contribution is 0.102. The number of nitrogens with one attached hydrogen (secondary N) is 2. The molecule has 3 aromatic heterocycles. The molecule has 10 heteroatoms.